The summed E-state index contributed by atoms with van der Waals surface area (Å²) in [4.78, 5) is 33.2. The molecule has 0 spiro atoms. The first kappa shape index (κ1) is 15.6. The topological polar surface area (TPSA) is 113 Å². The zero-order chi connectivity index (χ0) is 15.1. The molecule has 7 heteroatoms. The molecule has 0 radical (unpaired) electrons. The molecular formula is C13H15NO6. The molecule has 0 saturated heterocycles. The van der Waals surface area contributed by atoms with Crippen LogP contribution in [-0.4, -0.2) is 41.2 Å². The molecule has 0 unspecified atom stereocenters. The maximum atomic E-state index is 11.8. The molecular weight excluding hydrogens is 266 g/mol. The van der Waals surface area contributed by atoms with Gasteiger partial charge in [0.05, 0.1) is 13.0 Å². The van der Waals surface area contributed by atoms with Crippen LogP contribution in [0.5, 0.6) is 0 Å². The molecule has 3 N–H and O–H groups in total. The average molecular weight is 281 g/mol. The SMILES string of the molecule is COCc1ccc(C(=O)N[C@H](CC(=O)O)C(=O)O)cc1. The molecule has 1 aromatic rings. The Kier molecular flexibility index (Phi) is 5.67. The van der Waals surface area contributed by atoms with Gasteiger partial charge in [-0.25, -0.2) is 4.79 Å². The summed E-state index contributed by atoms with van der Waals surface area (Å²) in [5, 5.41) is 19.6. The van der Waals surface area contributed by atoms with Crippen molar-refractivity contribution in [3.63, 3.8) is 0 Å². The van der Waals surface area contributed by atoms with Gasteiger partial charge < -0.3 is 20.3 Å². The summed E-state index contributed by atoms with van der Waals surface area (Å²) in [6.45, 7) is 0.401. The van der Waals surface area contributed by atoms with Gasteiger partial charge >= 0.3 is 11.9 Å². The Bertz CT molecular complexity index is 496. The highest BCUT2D eigenvalue weighted by molar-refractivity contribution is 5.97. The van der Waals surface area contributed by atoms with Crippen LogP contribution in [0.1, 0.15) is 22.3 Å². The molecule has 0 saturated carbocycles. The van der Waals surface area contributed by atoms with Gasteiger partial charge in [0, 0.05) is 12.7 Å². The van der Waals surface area contributed by atoms with Gasteiger partial charge in [-0.2, -0.15) is 0 Å². The van der Waals surface area contributed by atoms with Crippen LogP contribution in [0, 0.1) is 0 Å². The van der Waals surface area contributed by atoms with Crippen LogP contribution in [-0.2, 0) is 20.9 Å². The van der Waals surface area contributed by atoms with E-state index < -0.39 is 30.3 Å². The predicted octanol–water partition coefficient (Wildman–Crippen LogP) is 0.491. The lowest BCUT2D eigenvalue weighted by molar-refractivity contribution is -0.145. The Balaban J connectivity index is 2.73. The third-order valence-corrected chi connectivity index (χ3v) is 2.51. The molecule has 1 atom stereocenters. The molecule has 1 amide bonds. The molecule has 0 aliphatic rings. The van der Waals surface area contributed by atoms with Gasteiger partial charge in [0.1, 0.15) is 6.04 Å². The number of benzene rings is 1. The van der Waals surface area contributed by atoms with Crippen molar-refractivity contribution in [2.75, 3.05) is 7.11 Å². The number of amides is 1. The van der Waals surface area contributed by atoms with Crippen LogP contribution in [0.4, 0.5) is 0 Å². The Morgan fingerprint density at radius 2 is 1.80 bits per heavy atom. The van der Waals surface area contributed by atoms with Crippen molar-refractivity contribution in [3.05, 3.63) is 35.4 Å². The van der Waals surface area contributed by atoms with E-state index in [1.807, 2.05) is 0 Å². The quantitative estimate of drug-likeness (QED) is 0.670. The highest BCUT2D eigenvalue weighted by atomic mass is 16.5. The van der Waals surface area contributed by atoms with Crippen LogP contribution in [0.3, 0.4) is 0 Å². The number of hydrogen-bond donors (Lipinski definition) is 3. The maximum absolute atomic E-state index is 11.8. The fraction of sp³-hybridized carbons (Fsp3) is 0.308. The van der Waals surface area contributed by atoms with E-state index in [4.69, 9.17) is 14.9 Å². The molecule has 0 bridgehead atoms. The van der Waals surface area contributed by atoms with Gasteiger partial charge in [0.2, 0.25) is 0 Å². The van der Waals surface area contributed by atoms with Gasteiger partial charge in [-0.15, -0.1) is 0 Å². The summed E-state index contributed by atoms with van der Waals surface area (Å²) < 4.78 is 4.92. The molecule has 0 aliphatic carbocycles. The van der Waals surface area contributed by atoms with E-state index in [2.05, 4.69) is 5.32 Å². The van der Waals surface area contributed by atoms with Gasteiger partial charge in [-0.05, 0) is 17.7 Å². The van der Waals surface area contributed by atoms with Crippen molar-refractivity contribution in [1.82, 2.24) is 5.32 Å². The van der Waals surface area contributed by atoms with E-state index in [0.717, 1.165) is 5.56 Å². The summed E-state index contributed by atoms with van der Waals surface area (Å²) >= 11 is 0. The Morgan fingerprint density at radius 3 is 2.25 bits per heavy atom. The number of carbonyl (C=O) groups is 3. The number of carboxylic acid groups (broad SMARTS) is 2. The monoisotopic (exact) mass is 281 g/mol. The van der Waals surface area contributed by atoms with Gasteiger partial charge in [0.25, 0.3) is 5.91 Å². The summed E-state index contributed by atoms with van der Waals surface area (Å²) in [7, 11) is 1.55. The van der Waals surface area contributed by atoms with E-state index >= 15 is 0 Å². The molecule has 7 nitrogen and oxygen atoms in total. The molecule has 0 fully saturated rings. The Labute approximate surface area is 115 Å². The second-order valence-electron chi connectivity index (χ2n) is 4.09. The largest absolute Gasteiger partial charge is 0.481 e. The van der Waals surface area contributed by atoms with Gasteiger partial charge in [-0.3, -0.25) is 9.59 Å². The maximum Gasteiger partial charge on any atom is 0.326 e. The van der Waals surface area contributed by atoms with Crippen molar-refractivity contribution >= 4 is 17.8 Å². The van der Waals surface area contributed by atoms with E-state index in [-0.39, 0.29) is 5.56 Å². The summed E-state index contributed by atoms with van der Waals surface area (Å²) in [5.74, 6) is -3.33. The van der Waals surface area contributed by atoms with E-state index in [1.54, 1.807) is 19.2 Å². The van der Waals surface area contributed by atoms with Crippen molar-refractivity contribution in [2.45, 2.75) is 19.1 Å². The number of ether oxygens (including phenoxy) is 1. The van der Waals surface area contributed by atoms with Crippen LogP contribution >= 0.6 is 0 Å². The number of aliphatic carboxylic acids is 2. The third kappa shape index (κ3) is 4.69. The molecule has 0 aromatic heterocycles. The first-order chi connectivity index (χ1) is 9.43. The van der Waals surface area contributed by atoms with Crippen LogP contribution < -0.4 is 5.32 Å². The lowest BCUT2D eigenvalue weighted by Gasteiger charge is -2.12. The van der Waals surface area contributed by atoms with E-state index in [1.165, 1.54) is 12.1 Å². The molecule has 1 aromatic carbocycles. The minimum Gasteiger partial charge on any atom is -0.481 e. The standard InChI is InChI=1S/C13H15NO6/c1-20-7-8-2-4-9(5-3-8)12(17)14-10(13(18)19)6-11(15)16/h2-5,10H,6-7H2,1H3,(H,14,17)(H,15,16)(H,18,19)/t10-/m1/s1. The average Bonchev–Trinajstić information content (AvgIpc) is 2.38. The Morgan fingerprint density at radius 1 is 1.20 bits per heavy atom. The first-order valence-electron chi connectivity index (χ1n) is 5.77. The van der Waals surface area contributed by atoms with Crippen LogP contribution in [0.25, 0.3) is 0 Å². The summed E-state index contributed by atoms with van der Waals surface area (Å²) in [6, 6.07) is 4.92. The van der Waals surface area contributed by atoms with Crippen molar-refractivity contribution in [3.8, 4) is 0 Å². The van der Waals surface area contributed by atoms with Crippen molar-refractivity contribution in [1.29, 1.82) is 0 Å². The molecule has 0 aliphatic heterocycles. The fourth-order valence-corrected chi connectivity index (χ4v) is 1.54. The second-order valence-corrected chi connectivity index (χ2v) is 4.09. The van der Waals surface area contributed by atoms with Gasteiger partial charge in [-0.1, -0.05) is 12.1 Å². The predicted molar refractivity (Wildman–Crippen MR) is 68.3 cm³/mol. The normalized spacial score (nSPS) is 11.7. The molecule has 1 rings (SSSR count). The number of hydrogen-bond acceptors (Lipinski definition) is 4. The van der Waals surface area contributed by atoms with Crippen LogP contribution in [0.15, 0.2) is 24.3 Å². The lowest BCUT2D eigenvalue weighted by atomic mass is 10.1. The number of carboxylic acids is 2. The van der Waals surface area contributed by atoms with E-state index in [9.17, 15) is 14.4 Å². The minimum atomic E-state index is -1.46. The second kappa shape index (κ2) is 7.25. The Hall–Kier alpha value is -2.41. The zero-order valence-electron chi connectivity index (χ0n) is 10.8. The summed E-state index contributed by atoms with van der Waals surface area (Å²) in [5.41, 5.74) is 1.12. The van der Waals surface area contributed by atoms with E-state index in [0.29, 0.717) is 6.61 Å². The number of carbonyl (C=O) groups excluding carboxylic acids is 1. The first-order valence-corrected chi connectivity index (χ1v) is 5.77. The molecule has 108 valence electrons. The summed E-state index contributed by atoms with van der Waals surface area (Å²) in [6.07, 6.45) is -0.678. The number of rotatable bonds is 7. The third-order valence-electron chi connectivity index (χ3n) is 2.51. The highest BCUT2D eigenvalue weighted by Gasteiger charge is 2.23. The smallest absolute Gasteiger partial charge is 0.326 e. The zero-order valence-corrected chi connectivity index (χ0v) is 10.8. The molecule has 0 heterocycles. The molecule has 20 heavy (non-hydrogen) atoms. The van der Waals surface area contributed by atoms with Crippen molar-refractivity contribution in [2.24, 2.45) is 0 Å². The fourth-order valence-electron chi connectivity index (χ4n) is 1.54. The highest BCUT2D eigenvalue weighted by Crippen LogP contribution is 2.06. The number of methoxy groups -OCH3 is 1. The van der Waals surface area contributed by atoms with Crippen molar-refractivity contribution < 1.29 is 29.3 Å². The van der Waals surface area contributed by atoms with Gasteiger partial charge in [0.15, 0.2) is 0 Å². The number of nitrogens with one attached hydrogen (secondary N) is 1. The van der Waals surface area contributed by atoms with Crippen LogP contribution in [0.2, 0.25) is 0 Å². The minimum absolute atomic E-state index is 0.251. The lowest BCUT2D eigenvalue weighted by Crippen LogP contribution is -2.42.